The molecular weight excluding hydrogens is 304 g/mol. The Morgan fingerprint density at radius 2 is 1.95 bits per heavy atom. The largest absolute Gasteiger partial charge is 0.486 e. The Kier molecular flexibility index (Phi) is 4.22. The first-order valence-electron chi connectivity index (χ1n) is 7.95. The van der Waals surface area contributed by atoms with Gasteiger partial charge in [-0.1, -0.05) is 37.8 Å². The second-order valence-electron chi connectivity index (χ2n) is 6.04. The minimum Gasteiger partial charge on any atom is -0.486 e. The third-order valence-electron chi connectivity index (χ3n) is 4.86. The first kappa shape index (κ1) is 15.5. The highest BCUT2D eigenvalue weighted by Gasteiger charge is 2.44. The number of rotatable bonds is 3. The van der Waals surface area contributed by atoms with Gasteiger partial charge in [0.2, 0.25) is 0 Å². The maximum Gasteiger partial charge on any atom is 0.314 e. The van der Waals surface area contributed by atoms with Crippen molar-refractivity contribution < 1.29 is 19.4 Å². The average Bonchev–Trinajstić information content (AvgIpc) is 2.55. The van der Waals surface area contributed by atoms with E-state index < -0.39 is 11.4 Å². The summed E-state index contributed by atoms with van der Waals surface area (Å²) in [7, 11) is 0. The van der Waals surface area contributed by atoms with Gasteiger partial charge in [0, 0.05) is 0 Å². The van der Waals surface area contributed by atoms with Crippen molar-refractivity contribution in [1.29, 1.82) is 0 Å². The molecule has 1 heterocycles. The molecule has 0 aromatic heterocycles. The molecule has 1 N–H and O–H groups in total. The molecule has 0 radical (unpaired) electrons. The van der Waals surface area contributed by atoms with Gasteiger partial charge in [-0.3, -0.25) is 4.79 Å². The number of hydrogen-bond donors (Lipinski definition) is 1. The quantitative estimate of drug-likeness (QED) is 0.914. The zero-order valence-electron chi connectivity index (χ0n) is 12.8. The number of halogens is 1. The number of carbonyl (C=O) groups is 1. The maximum atomic E-state index is 12.1. The Morgan fingerprint density at radius 3 is 2.59 bits per heavy atom. The van der Waals surface area contributed by atoms with Crippen LogP contribution in [0.25, 0.3) is 0 Å². The number of ether oxygens (including phenoxy) is 2. The van der Waals surface area contributed by atoms with E-state index in [0.29, 0.717) is 49.0 Å². The Balaban J connectivity index is 2.20. The van der Waals surface area contributed by atoms with Crippen LogP contribution in [-0.2, 0) is 16.6 Å². The molecule has 2 aliphatic rings. The molecule has 4 nitrogen and oxygen atoms in total. The highest BCUT2D eigenvalue weighted by Crippen LogP contribution is 2.49. The molecule has 1 aromatic rings. The van der Waals surface area contributed by atoms with E-state index in [9.17, 15) is 9.90 Å². The molecule has 0 saturated heterocycles. The van der Waals surface area contributed by atoms with Crippen LogP contribution in [-0.4, -0.2) is 24.3 Å². The Morgan fingerprint density at radius 1 is 1.27 bits per heavy atom. The van der Waals surface area contributed by atoms with E-state index in [1.807, 2.05) is 13.0 Å². The fourth-order valence-corrected chi connectivity index (χ4v) is 4.09. The zero-order valence-corrected chi connectivity index (χ0v) is 13.5. The lowest BCUT2D eigenvalue weighted by atomic mass is 9.67. The van der Waals surface area contributed by atoms with Gasteiger partial charge in [-0.05, 0) is 36.5 Å². The lowest BCUT2D eigenvalue weighted by molar-refractivity contribution is -0.145. The van der Waals surface area contributed by atoms with Crippen molar-refractivity contribution in [3.8, 4) is 11.5 Å². The van der Waals surface area contributed by atoms with E-state index in [-0.39, 0.29) is 0 Å². The third-order valence-corrected chi connectivity index (χ3v) is 5.26. The van der Waals surface area contributed by atoms with Crippen molar-refractivity contribution in [3.63, 3.8) is 0 Å². The van der Waals surface area contributed by atoms with Crippen molar-refractivity contribution in [1.82, 2.24) is 0 Å². The summed E-state index contributed by atoms with van der Waals surface area (Å²) >= 11 is 6.52. The number of aliphatic carboxylic acids is 1. The molecule has 1 aromatic carbocycles. The standard InChI is InChI=1S/C17H21ClO4/c1-2-11-12(17(16(19)20)6-4-3-5-7-17)10-13-15(14(11)18)22-9-8-21-13/h10H,2-9H2,1H3,(H,19,20). The number of fused-ring (bicyclic) bond motifs is 1. The van der Waals surface area contributed by atoms with Crippen LogP contribution < -0.4 is 9.47 Å². The summed E-state index contributed by atoms with van der Waals surface area (Å²) in [5.41, 5.74) is 0.856. The summed E-state index contributed by atoms with van der Waals surface area (Å²) in [5.74, 6) is 0.383. The van der Waals surface area contributed by atoms with Crippen LogP contribution in [0, 0.1) is 0 Å². The molecule has 1 saturated carbocycles. The number of hydrogen-bond acceptors (Lipinski definition) is 3. The summed E-state index contributed by atoms with van der Waals surface area (Å²) in [4.78, 5) is 12.1. The molecule has 22 heavy (non-hydrogen) atoms. The monoisotopic (exact) mass is 324 g/mol. The predicted molar refractivity (Wildman–Crippen MR) is 84.2 cm³/mol. The molecule has 0 unspecified atom stereocenters. The summed E-state index contributed by atoms with van der Waals surface area (Å²) in [5, 5.41) is 10.5. The summed E-state index contributed by atoms with van der Waals surface area (Å²) in [6.07, 6.45) is 4.95. The van der Waals surface area contributed by atoms with Crippen LogP contribution in [0.4, 0.5) is 0 Å². The fraction of sp³-hybridized carbons (Fsp3) is 0.588. The number of carboxylic acids is 1. The molecule has 0 amide bonds. The van der Waals surface area contributed by atoms with Crippen molar-refractivity contribution in [2.75, 3.05) is 13.2 Å². The van der Waals surface area contributed by atoms with Gasteiger partial charge in [-0.2, -0.15) is 0 Å². The second-order valence-corrected chi connectivity index (χ2v) is 6.42. The van der Waals surface area contributed by atoms with Crippen LogP contribution in [0.3, 0.4) is 0 Å². The van der Waals surface area contributed by atoms with Crippen LogP contribution in [0.1, 0.15) is 50.2 Å². The molecule has 0 atom stereocenters. The fourth-order valence-electron chi connectivity index (χ4n) is 3.71. The van der Waals surface area contributed by atoms with Gasteiger partial charge in [0.15, 0.2) is 11.5 Å². The van der Waals surface area contributed by atoms with Crippen molar-refractivity contribution >= 4 is 17.6 Å². The molecule has 120 valence electrons. The van der Waals surface area contributed by atoms with Crippen molar-refractivity contribution in [3.05, 3.63) is 22.2 Å². The molecule has 3 rings (SSSR count). The zero-order chi connectivity index (χ0) is 15.7. The SMILES string of the molecule is CCc1c(C2(C(=O)O)CCCCC2)cc2c(c1Cl)OCCO2. The van der Waals surface area contributed by atoms with Gasteiger partial charge in [0.25, 0.3) is 0 Å². The average molecular weight is 325 g/mol. The predicted octanol–water partition coefficient (Wildman–Crippen LogP) is 3.96. The maximum absolute atomic E-state index is 12.1. The highest BCUT2D eigenvalue weighted by atomic mass is 35.5. The van der Waals surface area contributed by atoms with E-state index in [1.165, 1.54) is 0 Å². The summed E-state index contributed by atoms with van der Waals surface area (Å²) in [6.45, 7) is 2.94. The number of carboxylic acid groups (broad SMARTS) is 1. The summed E-state index contributed by atoms with van der Waals surface area (Å²) in [6, 6.07) is 1.86. The van der Waals surface area contributed by atoms with Gasteiger partial charge in [-0.25, -0.2) is 0 Å². The minimum atomic E-state index is -0.844. The van der Waals surface area contributed by atoms with Gasteiger partial charge >= 0.3 is 5.97 Å². The van der Waals surface area contributed by atoms with E-state index in [4.69, 9.17) is 21.1 Å². The van der Waals surface area contributed by atoms with Gasteiger partial charge < -0.3 is 14.6 Å². The van der Waals surface area contributed by atoms with Crippen molar-refractivity contribution in [2.45, 2.75) is 50.9 Å². The lowest BCUT2D eigenvalue weighted by Crippen LogP contribution is -2.39. The first-order chi connectivity index (χ1) is 10.6. The van der Waals surface area contributed by atoms with E-state index in [1.54, 1.807) is 0 Å². The second kappa shape index (κ2) is 5.99. The normalized spacial score (nSPS) is 19.7. The topological polar surface area (TPSA) is 55.8 Å². The molecule has 1 fully saturated rings. The molecule has 1 aliphatic heterocycles. The molecule has 0 spiro atoms. The minimum absolute atomic E-state index is 0.467. The smallest absolute Gasteiger partial charge is 0.314 e. The van der Waals surface area contributed by atoms with Gasteiger partial charge in [0.1, 0.15) is 13.2 Å². The summed E-state index contributed by atoms with van der Waals surface area (Å²) < 4.78 is 11.3. The van der Waals surface area contributed by atoms with Crippen LogP contribution in [0.2, 0.25) is 5.02 Å². The van der Waals surface area contributed by atoms with E-state index >= 15 is 0 Å². The van der Waals surface area contributed by atoms with Crippen molar-refractivity contribution in [2.24, 2.45) is 0 Å². The Bertz CT molecular complexity index is 591. The van der Waals surface area contributed by atoms with Gasteiger partial charge in [-0.15, -0.1) is 0 Å². The molecular formula is C17H21ClO4. The Hall–Kier alpha value is -1.42. The van der Waals surface area contributed by atoms with E-state index in [0.717, 1.165) is 30.4 Å². The van der Waals surface area contributed by atoms with Crippen LogP contribution >= 0.6 is 11.6 Å². The molecule has 5 heteroatoms. The highest BCUT2D eigenvalue weighted by molar-refractivity contribution is 6.33. The first-order valence-corrected chi connectivity index (χ1v) is 8.33. The lowest BCUT2D eigenvalue weighted by Gasteiger charge is -2.36. The van der Waals surface area contributed by atoms with Crippen LogP contribution in [0.5, 0.6) is 11.5 Å². The molecule has 1 aliphatic carbocycles. The van der Waals surface area contributed by atoms with Gasteiger partial charge in [0.05, 0.1) is 10.4 Å². The third kappa shape index (κ3) is 2.34. The molecule has 0 bridgehead atoms. The van der Waals surface area contributed by atoms with E-state index in [2.05, 4.69) is 0 Å². The van der Waals surface area contributed by atoms with Crippen LogP contribution in [0.15, 0.2) is 6.07 Å². The Labute approximate surface area is 135 Å². The number of benzene rings is 1.